The molecule has 0 radical (unpaired) electrons. The zero-order valence-electron chi connectivity index (χ0n) is 26.5. The molecule has 0 rings (SSSR count). The molecular formula is C35H53O8P. The maximum absolute atomic E-state index is 12.3. The van der Waals surface area contributed by atoms with Gasteiger partial charge in [0.1, 0.15) is 6.61 Å². The summed E-state index contributed by atoms with van der Waals surface area (Å²) >= 11 is 0. The van der Waals surface area contributed by atoms with Crippen molar-refractivity contribution in [3.05, 3.63) is 97.2 Å². The molecule has 1 atom stereocenters. The maximum atomic E-state index is 12.3. The molecule has 0 fully saturated rings. The first-order valence-corrected chi connectivity index (χ1v) is 17.2. The lowest BCUT2D eigenvalue weighted by Crippen LogP contribution is -2.29. The third-order valence-electron chi connectivity index (χ3n) is 5.79. The van der Waals surface area contributed by atoms with Crippen molar-refractivity contribution in [1.29, 1.82) is 0 Å². The largest absolute Gasteiger partial charge is 0.469 e. The predicted molar refractivity (Wildman–Crippen MR) is 179 cm³/mol. The molecule has 8 nitrogen and oxygen atoms in total. The number of hydrogen-bond acceptors (Lipinski definition) is 6. The van der Waals surface area contributed by atoms with Crippen molar-refractivity contribution in [3.63, 3.8) is 0 Å². The van der Waals surface area contributed by atoms with Crippen LogP contribution in [0.5, 0.6) is 0 Å². The summed E-state index contributed by atoms with van der Waals surface area (Å²) < 4.78 is 26.1. The van der Waals surface area contributed by atoms with Crippen LogP contribution in [0, 0.1) is 0 Å². The number of carbonyl (C=O) groups is 2. The van der Waals surface area contributed by atoms with Crippen LogP contribution in [0.2, 0.25) is 0 Å². The predicted octanol–water partition coefficient (Wildman–Crippen LogP) is 8.72. The molecule has 0 aromatic heterocycles. The van der Waals surface area contributed by atoms with Crippen LogP contribution in [0.1, 0.15) is 90.9 Å². The molecule has 0 bridgehead atoms. The van der Waals surface area contributed by atoms with Crippen LogP contribution in [0.25, 0.3) is 0 Å². The first-order valence-electron chi connectivity index (χ1n) is 15.6. The van der Waals surface area contributed by atoms with Crippen molar-refractivity contribution >= 4 is 19.8 Å². The summed E-state index contributed by atoms with van der Waals surface area (Å²) in [5, 5.41) is 0. The van der Waals surface area contributed by atoms with Crippen LogP contribution in [0.15, 0.2) is 97.2 Å². The molecule has 2 N–H and O–H groups in total. The Morgan fingerprint density at radius 3 is 1.48 bits per heavy atom. The second kappa shape index (κ2) is 30.0. The first-order chi connectivity index (χ1) is 21.3. The summed E-state index contributed by atoms with van der Waals surface area (Å²) in [5.41, 5.74) is 0. The van der Waals surface area contributed by atoms with Gasteiger partial charge in [0.15, 0.2) is 6.10 Å². The van der Waals surface area contributed by atoms with Crippen molar-refractivity contribution < 1.29 is 37.9 Å². The van der Waals surface area contributed by atoms with Crippen molar-refractivity contribution in [2.24, 2.45) is 0 Å². The highest BCUT2D eigenvalue weighted by Gasteiger charge is 2.22. The molecule has 1 unspecified atom stereocenters. The summed E-state index contributed by atoms with van der Waals surface area (Å²) in [6.07, 6.45) is 39.9. The summed E-state index contributed by atoms with van der Waals surface area (Å²) in [7, 11) is -4.77. The van der Waals surface area contributed by atoms with E-state index >= 15 is 0 Å². The minimum absolute atomic E-state index is 0.150. The van der Waals surface area contributed by atoms with Gasteiger partial charge in [-0.15, -0.1) is 0 Å². The molecule has 246 valence electrons. The molecule has 0 aliphatic heterocycles. The molecule has 0 saturated carbocycles. The summed E-state index contributed by atoms with van der Waals surface area (Å²) in [6, 6.07) is 0. The molecule has 0 aromatic carbocycles. The second-order valence-corrected chi connectivity index (χ2v) is 11.1. The lowest BCUT2D eigenvalue weighted by molar-refractivity contribution is -0.161. The Morgan fingerprint density at radius 1 is 0.591 bits per heavy atom. The van der Waals surface area contributed by atoms with Gasteiger partial charge < -0.3 is 19.3 Å². The number of hydrogen-bond donors (Lipinski definition) is 2. The minimum Gasteiger partial charge on any atom is -0.462 e. The van der Waals surface area contributed by atoms with Gasteiger partial charge in [0.2, 0.25) is 0 Å². The first kappa shape index (κ1) is 41.0. The molecular weight excluding hydrogens is 579 g/mol. The number of phosphoric ester groups is 1. The molecule has 9 heteroatoms. The van der Waals surface area contributed by atoms with Crippen LogP contribution in [-0.2, 0) is 28.2 Å². The van der Waals surface area contributed by atoms with E-state index in [4.69, 9.17) is 19.3 Å². The molecule has 0 amide bonds. The van der Waals surface area contributed by atoms with E-state index < -0.39 is 32.5 Å². The van der Waals surface area contributed by atoms with Crippen LogP contribution >= 0.6 is 7.82 Å². The third kappa shape index (κ3) is 31.9. The standard InChI is InChI=1S/C35H53O8P/c1-3-5-7-9-11-13-15-17-19-21-23-25-27-29-34(36)41-31-33(32-42-44(38,39)40)43-35(37)30-28-26-24-22-20-18-16-14-12-10-8-6-4-2/h5-20,33H,3-4,21-32H2,1-2H3,(H2,38,39,40)/b7-5+,8-6+,11-9+,12-10+,15-13+,16-14+,19-17+,20-18+. The highest BCUT2D eigenvalue weighted by atomic mass is 31.2. The molecule has 0 saturated heterocycles. The SMILES string of the molecule is CC/C=C/C=C/C=C/C=C/CCCCCC(=O)OCC(COP(=O)(O)O)OC(=O)CCCCC/C=C/C=C/C=C/C=C/CC. The number of ether oxygens (including phenoxy) is 2. The fourth-order valence-electron chi connectivity index (χ4n) is 3.51. The van der Waals surface area contributed by atoms with E-state index in [9.17, 15) is 14.2 Å². The number of carbonyl (C=O) groups excluding carboxylic acids is 2. The Labute approximate surface area is 264 Å². The lowest BCUT2D eigenvalue weighted by Gasteiger charge is -2.18. The number of allylic oxidation sites excluding steroid dienone is 16. The van der Waals surface area contributed by atoms with Gasteiger partial charge in [0.25, 0.3) is 0 Å². The van der Waals surface area contributed by atoms with Crippen LogP contribution in [0.3, 0.4) is 0 Å². The number of phosphoric acid groups is 1. The fraction of sp³-hybridized carbons (Fsp3) is 0.486. The van der Waals surface area contributed by atoms with Crippen molar-refractivity contribution in [3.8, 4) is 0 Å². The number of esters is 2. The van der Waals surface area contributed by atoms with Crippen LogP contribution in [0.4, 0.5) is 0 Å². The van der Waals surface area contributed by atoms with E-state index in [2.05, 4.69) is 42.7 Å². The van der Waals surface area contributed by atoms with Crippen molar-refractivity contribution in [1.82, 2.24) is 0 Å². The van der Waals surface area contributed by atoms with Gasteiger partial charge in [-0.3, -0.25) is 14.1 Å². The van der Waals surface area contributed by atoms with Gasteiger partial charge in [-0.25, -0.2) is 4.57 Å². The smallest absolute Gasteiger partial charge is 0.462 e. The summed E-state index contributed by atoms with van der Waals surface area (Å²) in [6.45, 7) is 3.28. The van der Waals surface area contributed by atoms with E-state index in [1.54, 1.807) is 0 Å². The molecule has 0 aliphatic rings. The van der Waals surface area contributed by atoms with Gasteiger partial charge >= 0.3 is 19.8 Å². The quantitative estimate of drug-likeness (QED) is 0.0421. The van der Waals surface area contributed by atoms with Gasteiger partial charge in [-0.2, -0.15) is 0 Å². The Bertz CT molecular complexity index is 1030. The van der Waals surface area contributed by atoms with Crippen molar-refractivity contribution in [2.75, 3.05) is 13.2 Å². The van der Waals surface area contributed by atoms with Gasteiger partial charge in [-0.05, 0) is 51.4 Å². The van der Waals surface area contributed by atoms with E-state index in [-0.39, 0.29) is 19.4 Å². The molecule has 0 aliphatic carbocycles. The number of unbranched alkanes of at least 4 members (excludes halogenated alkanes) is 6. The third-order valence-corrected chi connectivity index (χ3v) is 6.27. The number of rotatable bonds is 26. The van der Waals surface area contributed by atoms with Crippen molar-refractivity contribution in [2.45, 2.75) is 97.0 Å². The van der Waals surface area contributed by atoms with Gasteiger partial charge in [0, 0.05) is 12.8 Å². The summed E-state index contributed by atoms with van der Waals surface area (Å²) in [4.78, 5) is 42.4. The Kier molecular flexibility index (Phi) is 27.9. The minimum atomic E-state index is -4.77. The molecule has 0 spiro atoms. The zero-order valence-corrected chi connectivity index (χ0v) is 27.4. The Balaban J connectivity index is 4.24. The molecule has 0 heterocycles. The monoisotopic (exact) mass is 632 g/mol. The van der Waals surface area contributed by atoms with E-state index in [0.717, 1.165) is 51.4 Å². The van der Waals surface area contributed by atoms with Gasteiger partial charge in [0.05, 0.1) is 6.61 Å². The van der Waals surface area contributed by atoms with E-state index in [1.165, 1.54) is 0 Å². The topological polar surface area (TPSA) is 119 Å². The Morgan fingerprint density at radius 2 is 1.02 bits per heavy atom. The maximum Gasteiger partial charge on any atom is 0.469 e. The van der Waals surface area contributed by atoms with Gasteiger partial charge in [-0.1, -0.05) is 124 Å². The average molecular weight is 633 g/mol. The zero-order chi connectivity index (χ0) is 32.6. The fourth-order valence-corrected chi connectivity index (χ4v) is 3.87. The normalized spacial score (nSPS) is 13.8. The average Bonchev–Trinajstić information content (AvgIpc) is 2.98. The highest BCUT2D eigenvalue weighted by Crippen LogP contribution is 2.35. The van der Waals surface area contributed by atoms with Crippen LogP contribution < -0.4 is 0 Å². The van der Waals surface area contributed by atoms with E-state index in [0.29, 0.717) is 12.8 Å². The van der Waals surface area contributed by atoms with E-state index in [1.807, 2.05) is 72.9 Å². The highest BCUT2D eigenvalue weighted by molar-refractivity contribution is 7.46. The molecule has 44 heavy (non-hydrogen) atoms. The van der Waals surface area contributed by atoms with Crippen LogP contribution in [-0.4, -0.2) is 41.0 Å². The second-order valence-electron chi connectivity index (χ2n) is 9.85. The summed E-state index contributed by atoms with van der Waals surface area (Å²) in [5.74, 6) is -0.994. The molecule has 0 aromatic rings. The Hall–Kier alpha value is -3.03. The lowest BCUT2D eigenvalue weighted by atomic mass is 10.1.